The van der Waals surface area contributed by atoms with Gasteiger partial charge in [-0.1, -0.05) is 11.6 Å². The van der Waals surface area contributed by atoms with Crippen LogP contribution in [0.2, 0.25) is 5.02 Å². The van der Waals surface area contributed by atoms with Crippen LogP contribution >= 0.6 is 27.5 Å². The molecular formula is C13H12BrClN2O3. The van der Waals surface area contributed by atoms with E-state index in [1.54, 1.807) is 13.0 Å². The lowest BCUT2D eigenvalue weighted by molar-refractivity contribution is -0.116. The molecule has 0 aliphatic rings. The highest BCUT2D eigenvalue weighted by Gasteiger charge is 2.24. The summed E-state index contributed by atoms with van der Waals surface area (Å²) in [7, 11) is 1.46. The number of H-pyrrole nitrogens is 1. The fourth-order valence-electron chi connectivity index (χ4n) is 1.96. The van der Waals surface area contributed by atoms with Gasteiger partial charge in [-0.3, -0.25) is 9.59 Å². The molecule has 1 aromatic heterocycles. The molecule has 0 saturated carbocycles. The maximum Gasteiger partial charge on any atom is 0.292 e. The van der Waals surface area contributed by atoms with Crippen LogP contribution in [0, 0.1) is 0 Å². The summed E-state index contributed by atoms with van der Waals surface area (Å²) in [4.78, 5) is 26.8. The van der Waals surface area contributed by atoms with E-state index in [1.165, 1.54) is 13.3 Å². The van der Waals surface area contributed by atoms with Crippen molar-refractivity contribution in [3.8, 4) is 5.75 Å². The largest absolute Gasteiger partial charge is 0.494 e. The molecule has 0 spiro atoms. The predicted octanol–water partition coefficient (Wildman–Crippen LogP) is 2.91. The van der Waals surface area contributed by atoms with Crippen molar-refractivity contribution in [1.29, 1.82) is 0 Å². The minimum atomic E-state index is -0.661. The summed E-state index contributed by atoms with van der Waals surface area (Å²) in [6.07, 6.45) is 1.48. The van der Waals surface area contributed by atoms with Crippen LogP contribution < -0.4 is 10.1 Å². The molecule has 5 nitrogen and oxygen atoms in total. The highest BCUT2D eigenvalue weighted by atomic mass is 79.9. The molecule has 2 N–H and O–H groups in total. The summed E-state index contributed by atoms with van der Waals surface area (Å²) in [5, 5.41) is 3.32. The number of rotatable bonds is 4. The zero-order valence-electron chi connectivity index (χ0n) is 10.8. The molecule has 1 heterocycles. The quantitative estimate of drug-likeness (QED) is 0.651. The van der Waals surface area contributed by atoms with Crippen LogP contribution in [0.25, 0.3) is 10.9 Å². The highest BCUT2D eigenvalue weighted by Crippen LogP contribution is 2.39. The number of carbonyl (C=O) groups excluding carboxylic acids is 2. The van der Waals surface area contributed by atoms with Crippen molar-refractivity contribution in [2.45, 2.75) is 6.92 Å². The Morgan fingerprint density at radius 3 is 2.80 bits per heavy atom. The zero-order valence-corrected chi connectivity index (χ0v) is 13.2. The van der Waals surface area contributed by atoms with Crippen LogP contribution in [0.5, 0.6) is 5.75 Å². The fraction of sp³-hybridized carbons (Fsp3) is 0.231. The number of methoxy groups -OCH3 is 1. The van der Waals surface area contributed by atoms with E-state index >= 15 is 0 Å². The molecule has 2 aromatic rings. The number of ketones is 1. The van der Waals surface area contributed by atoms with Crippen LogP contribution in [0.4, 0.5) is 0 Å². The number of aromatic amines is 1. The molecule has 106 valence electrons. The third-order valence-electron chi connectivity index (χ3n) is 2.81. The van der Waals surface area contributed by atoms with Gasteiger partial charge in [0.05, 0.1) is 28.6 Å². The van der Waals surface area contributed by atoms with Gasteiger partial charge in [0.25, 0.3) is 11.7 Å². The molecule has 2 rings (SSSR count). The molecule has 1 amide bonds. The normalized spacial score (nSPS) is 10.6. The van der Waals surface area contributed by atoms with Gasteiger partial charge in [0, 0.05) is 17.2 Å². The van der Waals surface area contributed by atoms with E-state index in [0.29, 0.717) is 32.7 Å². The van der Waals surface area contributed by atoms with Gasteiger partial charge in [-0.2, -0.15) is 0 Å². The summed E-state index contributed by atoms with van der Waals surface area (Å²) >= 11 is 9.46. The first-order chi connectivity index (χ1) is 9.51. The Balaban J connectivity index is 2.67. The first-order valence-corrected chi connectivity index (χ1v) is 7.03. The summed E-state index contributed by atoms with van der Waals surface area (Å²) in [5.74, 6) is -0.934. The van der Waals surface area contributed by atoms with Gasteiger partial charge >= 0.3 is 0 Å². The number of hydrogen-bond donors (Lipinski definition) is 2. The molecule has 0 aliphatic carbocycles. The second-order valence-corrected chi connectivity index (χ2v) is 5.28. The molecule has 20 heavy (non-hydrogen) atoms. The first-order valence-electron chi connectivity index (χ1n) is 5.86. The minimum Gasteiger partial charge on any atom is -0.494 e. The SMILES string of the molecule is CCNC(=O)C(=O)c1c[nH]c2c(Br)cc(Cl)c(OC)c12. The summed E-state index contributed by atoms with van der Waals surface area (Å²) < 4.78 is 5.93. The van der Waals surface area contributed by atoms with E-state index in [0.717, 1.165) is 0 Å². The predicted molar refractivity (Wildman–Crippen MR) is 80.6 cm³/mol. The Morgan fingerprint density at radius 1 is 1.50 bits per heavy atom. The van der Waals surface area contributed by atoms with Gasteiger partial charge in [-0.15, -0.1) is 0 Å². The lowest BCUT2D eigenvalue weighted by Crippen LogP contribution is -2.30. The smallest absolute Gasteiger partial charge is 0.292 e. The third kappa shape index (κ3) is 2.41. The zero-order chi connectivity index (χ0) is 14.9. The topological polar surface area (TPSA) is 71.2 Å². The van der Waals surface area contributed by atoms with E-state index in [4.69, 9.17) is 16.3 Å². The Kier molecular flexibility index (Phi) is 4.35. The monoisotopic (exact) mass is 358 g/mol. The molecule has 0 aliphatic heterocycles. The average molecular weight is 360 g/mol. The van der Waals surface area contributed by atoms with Gasteiger partial charge in [-0.05, 0) is 28.9 Å². The standard InChI is InChI=1S/C13H12BrClN2O3/c1-3-16-13(19)11(18)6-5-17-10-7(14)4-8(15)12(20-2)9(6)10/h4-5,17H,3H2,1-2H3,(H,16,19). The van der Waals surface area contributed by atoms with Crippen LogP contribution in [0.3, 0.4) is 0 Å². The molecule has 0 radical (unpaired) electrons. The van der Waals surface area contributed by atoms with Crippen LogP contribution in [-0.2, 0) is 4.79 Å². The molecule has 1 aromatic carbocycles. The molecule has 0 bridgehead atoms. The number of carbonyl (C=O) groups is 2. The van der Waals surface area contributed by atoms with E-state index in [1.807, 2.05) is 0 Å². The Bertz CT molecular complexity index is 696. The highest BCUT2D eigenvalue weighted by molar-refractivity contribution is 9.10. The van der Waals surface area contributed by atoms with Crippen molar-refractivity contribution >= 4 is 50.1 Å². The molecule has 7 heteroatoms. The Labute approximate surface area is 128 Å². The van der Waals surface area contributed by atoms with Crippen molar-refractivity contribution in [3.63, 3.8) is 0 Å². The summed E-state index contributed by atoms with van der Waals surface area (Å²) in [6, 6.07) is 1.67. The number of ether oxygens (including phenoxy) is 1. The summed E-state index contributed by atoms with van der Waals surface area (Å²) in [6.45, 7) is 2.13. The number of likely N-dealkylation sites (N-methyl/N-ethyl adjacent to an activating group) is 1. The van der Waals surface area contributed by atoms with Crippen LogP contribution in [-0.4, -0.2) is 30.3 Å². The van der Waals surface area contributed by atoms with Gasteiger partial charge in [0.1, 0.15) is 5.75 Å². The van der Waals surface area contributed by atoms with Gasteiger partial charge in [0.15, 0.2) is 0 Å². The minimum absolute atomic E-state index is 0.228. The Morgan fingerprint density at radius 2 is 2.20 bits per heavy atom. The third-order valence-corrected chi connectivity index (χ3v) is 3.71. The maximum atomic E-state index is 12.2. The number of amides is 1. The second kappa shape index (κ2) is 5.85. The summed E-state index contributed by atoms with van der Waals surface area (Å²) in [5.41, 5.74) is 0.880. The first kappa shape index (κ1) is 14.9. The van der Waals surface area contributed by atoms with Crippen molar-refractivity contribution < 1.29 is 14.3 Å². The van der Waals surface area contributed by atoms with E-state index in [2.05, 4.69) is 26.2 Å². The van der Waals surface area contributed by atoms with Crippen molar-refractivity contribution in [2.75, 3.05) is 13.7 Å². The molecule has 0 saturated heterocycles. The molecule has 0 atom stereocenters. The average Bonchev–Trinajstić information content (AvgIpc) is 2.83. The lowest BCUT2D eigenvalue weighted by atomic mass is 10.1. The maximum absolute atomic E-state index is 12.2. The fourth-order valence-corrected chi connectivity index (χ4v) is 2.91. The number of benzene rings is 1. The number of Topliss-reactive ketones (excluding diaryl/α,β-unsaturated/α-hetero) is 1. The van der Waals surface area contributed by atoms with E-state index < -0.39 is 11.7 Å². The Hall–Kier alpha value is -1.53. The van der Waals surface area contributed by atoms with E-state index in [9.17, 15) is 9.59 Å². The van der Waals surface area contributed by atoms with Crippen LogP contribution in [0.1, 0.15) is 17.3 Å². The molecular weight excluding hydrogens is 348 g/mol. The number of hydrogen-bond acceptors (Lipinski definition) is 3. The van der Waals surface area contributed by atoms with Crippen LogP contribution in [0.15, 0.2) is 16.7 Å². The van der Waals surface area contributed by atoms with Gasteiger partial charge in [-0.25, -0.2) is 0 Å². The van der Waals surface area contributed by atoms with Crippen molar-refractivity contribution in [1.82, 2.24) is 10.3 Å². The van der Waals surface area contributed by atoms with Gasteiger partial charge in [0.2, 0.25) is 0 Å². The van der Waals surface area contributed by atoms with Crippen molar-refractivity contribution in [3.05, 3.63) is 27.3 Å². The molecule has 0 unspecified atom stereocenters. The van der Waals surface area contributed by atoms with Crippen molar-refractivity contribution in [2.24, 2.45) is 0 Å². The molecule has 0 fully saturated rings. The van der Waals surface area contributed by atoms with Gasteiger partial charge < -0.3 is 15.0 Å². The number of halogens is 2. The second-order valence-electron chi connectivity index (χ2n) is 4.01. The lowest BCUT2D eigenvalue weighted by Gasteiger charge is -2.08. The number of fused-ring (bicyclic) bond motifs is 1. The van der Waals surface area contributed by atoms with E-state index in [-0.39, 0.29) is 5.56 Å². The number of nitrogens with one attached hydrogen (secondary N) is 2. The number of aromatic nitrogens is 1.